The number of hydrogen-bond donors (Lipinski definition) is 2. The summed E-state index contributed by atoms with van der Waals surface area (Å²) in [7, 11) is 0. The van der Waals surface area contributed by atoms with Gasteiger partial charge in [0.05, 0.1) is 18.2 Å². The maximum atomic E-state index is 12.8. The number of amides is 1. The van der Waals surface area contributed by atoms with Gasteiger partial charge in [0.1, 0.15) is 10.8 Å². The molecule has 6 heteroatoms. The Morgan fingerprint density at radius 1 is 1.43 bits per heavy atom. The molecule has 2 aromatic rings. The van der Waals surface area contributed by atoms with Gasteiger partial charge in [0.2, 0.25) is 5.91 Å². The zero-order chi connectivity index (χ0) is 15.2. The summed E-state index contributed by atoms with van der Waals surface area (Å²) in [5.74, 6) is -0.324. The Balaban J connectivity index is 1.75. The second-order valence-corrected chi connectivity index (χ2v) is 5.76. The number of carbonyl (C=O) groups is 1. The van der Waals surface area contributed by atoms with E-state index in [1.54, 1.807) is 12.1 Å². The van der Waals surface area contributed by atoms with Crippen molar-refractivity contribution in [2.24, 2.45) is 5.73 Å². The van der Waals surface area contributed by atoms with E-state index in [2.05, 4.69) is 10.3 Å². The van der Waals surface area contributed by atoms with Crippen LogP contribution in [0.15, 0.2) is 29.6 Å². The number of nitrogens with two attached hydrogens (primary N) is 1. The van der Waals surface area contributed by atoms with E-state index in [-0.39, 0.29) is 24.2 Å². The molecule has 0 saturated heterocycles. The third kappa shape index (κ3) is 4.91. The van der Waals surface area contributed by atoms with E-state index in [9.17, 15) is 9.18 Å². The Labute approximate surface area is 127 Å². The van der Waals surface area contributed by atoms with Gasteiger partial charge >= 0.3 is 0 Å². The van der Waals surface area contributed by atoms with E-state index in [1.165, 1.54) is 23.5 Å². The van der Waals surface area contributed by atoms with Gasteiger partial charge in [-0.05, 0) is 31.0 Å². The second-order valence-electron chi connectivity index (χ2n) is 4.87. The molecule has 4 nitrogen and oxygen atoms in total. The summed E-state index contributed by atoms with van der Waals surface area (Å²) in [5, 5.41) is 5.53. The zero-order valence-electron chi connectivity index (χ0n) is 11.8. The van der Waals surface area contributed by atoms with Crippen molar-refractivity contribution in [2.45, 2.75) is 25.8 Å². The number of nitrogens with zero attached hydrogens (tertiary/aromatic N) is 1. The van der Waals surface area contributed by atoms with Crippen molar-refractivity contribution in [1.82, 2.24) is 10.3 Å². The highest BCUT2D eigenvalue weighted by Gasteiger charge is 2.09. The first-order valence-electron chi connectivity index (χ1n) is 6.75. The van der Waals surface area contributed by atoms with Crippen molar-refractivity contribution in [2.75, 3.05) is 6.54 Å². The molecule has 3 N–H and O–H groups in total. The Morgan fingerprint density at radius 2 is 2.14 bits per heavy atom. The summed E-state index contributed by atoms with van der Waals surface area (Å²) >= 11 is 1.47. The second kappa shape index (κ2) is 7.28. The Bertz CT molecular complexity index is 595. The summed E-state index contributed by atoms with van der Waals surface area (Å²) < 4.78 is 12.8. The third-order valence-corrected chi connectivity index (χ3v) is 4.04. The van der Waals surface area contributed by atoms with Crippen molar-refractivity contribution in [3.63, 3.8) is 0 Å². The molecule has 0 aliphatic rings. The molecule has 1 heterocycles. The van der Waals surface area contributed by atoms with Crippen molar-refractivity contribution in [3.05, 3.63) is 51.7 Å². The molecule has 1 unspecified atom stereocenters. The van der Waals surface area contributed by atoms with Crippen LogP contribution in [0, 0.1) is 5.82 Å². The molecule has 0 aliphatic heterocycles. The smallest absolute Gasteiger partial charge is 0.226 e. The highest BCUT2D eigenvalue weighted by atomic mass is 32.1. The lowest BCUT2D eigenvalue weighted by atomic mass is 10.1. The molecule has 2 rings (SSSR count). The minimum Gasteiger partial charge on any atom is -0.355 e. The molecule has 0 aliphatic carbocycles. The normalized spacial score (nSPS) is 12.1. The first kappa shape index (κ1) is 15.6. The van der Waals surface area contributed by atoms with Gasteiger partial charge in [-0.1, -0.05) is 12.1 Å². The van der Waals surface area contributed by atoms with Crippen LogP contribution in [0.25, 0.3) is 0 Å². The lowest BCUT2D eigenvalue weighted by molar-refractivity contribution is -0.120. The minimum absolute atomic E-state index is 0.0707. The molecule has 0 radical (unpaired) electrons. The molecule has 0 fully saturated rings. The lowest BCUT2D eigenvalue weighted by Crippen LogP contribution is -2.27. The number of carbonyl (C=O) groups excluding carboxylic acids is 1. The van der Waals surface area contributed by atoms with Crippen LogP contribution in [0.2, 0.25) is 0 Å². The molecule has 112 valence electrons. The SMILES string of the molecule is CC(N)c1nc(CC(=O)NCCc2ccc(F)cc2)cs1. The number of halogens is 1. The summed E-state index contributed by atoms with van der Waals surface area (Å²) in [6.45, 7) is 2.39. The standard InChI is InChI=1S/C15H18FN3OS/c1-10(17)15-19-13(9-21-15)8-14(20)18-7-6-11-2-4-12(16)5-3-11/h2-5,9-10H,6-8,17H2,1H3,(H,18,20). The minimum atomic E-state index is -0.253. The van der Waals surface area contributed by atoms with E-state index in [4.69, 9.17) is 5.73 Å². The Morgan fingerprint density at radius 3 is 2.76 bits per heavy atom. The molecule has 0 saturated carbocycles. The number of aromatic nitrogens is 1. The van der Waals surface area contributed by atoms with E-state index in [0.29, 0.717) is 13.0 Å². The summed E-state index contributed by atoms with van der Waals surface area (Å²) in [5.41, 5.74) is 7.47. The summed E-state index contributed by atoms with van der Waals surface area (Å²) in [4.78, 5) is 16.1. The van der Waals surface area contributed by atoms with Crippen LogP contribution in [0.1, 0.15) is 29.2 Å². The quantitative estimate of drug-likeness (QED) is 0.859. The fourth-order valence-corrected chi connectivity index (χ4v) is 2.61. The van der Waals surface area contributed by atoms with E-state index >= 15 is 0 Å². The van der Waals surface area contributed by atoms with Gasteiger partial charge in [0, 0.05) is 11.9 Å². The molecule has 0 bridgehead atoms. The molecular weight excluding hydrogens is 289 g/mol. The molecule has 1 atom stereocenters. The van der Waals surface area contributed by atoms with Gasteiger partial charge in [-0.3, -0.25) is 4.79 Å². The average molecular weight is 307 g/mol. The fraction of sp³-hybridized carbons (Fsp3) is 0.333. The number of benzene rings is 1. The van der Waals surface area contributed by atoms with Crippen LogP contribution in [-0.4, -0.2) is 17.4 Å². The van der Waals surface area contributed by atoms with Gasteiger partial charge in [0.25, 0.3) is 0 Å². The van der Waals surface area contributed by atoms with E-state index in [1.807, 2.05) is 12.3 Å². The molecule has 0 spiro atoms. The molecule has 1 aromatic carbocycles. The van der Waals surface area contributed by atoms with Gasteiger partial charge < -0.3 is 11.1 Å². The third-order valence-electron chi connectivity index (χ3n) is 2.95. The van der Waals surface area contributed by atoms with Gasteiger partial charge in [0.15, 0.2) is 0 Å². The summed E-state index contributed by atoms with van der Waals surface area (Å²) in [6.07, 6.45) is 0.931. The first-order valence-corrected chi connectivity index (χ1v) is 7.63. The first-order chi connectivity index (χ1) is 10.0. The Kier molecular flexibility index (Phi) is 5.41. The van der Waals surface area contributed by atoms with Crippen molar-refractivity contribution >= 4 is 17.2 Å². The highest BCUT2D eigenvalue weighted by molar-refractivity contribution is 7.09. The van der Waals surface area contributed by atoms with Crippen LogP contribution in [-0.2, 0) is 17.6 Å². The van der Waals surface area contributed by atoms with Gasteiger partial charge in [-0.15, -0.1) is 11.3 Å². The largest absolute Gasteiger partial charge is 0.355 e. The number of thiazole rings is 1. The average Bonchev–Trinajstić information content (AvgIpc) is 2.90. The van der Waals surface area contributed by atoms with Gasteiger partial charge in [-0.2, -0.15) is 0 Å². The van der Waals surface area contributed by atoms with E-state index in [0.717, 1.165) is 16.3 Å². The van der Waals surface area contributed by atoms with Crippen LogP contribution in [0.5, 0.6) is 0 Å². The Hall–Kier alpha value is -1.79. The number of hydrogen-bond acceptors (Lipinski definition) is 4. The van der Waals surface area contributed by atoms with Crippen molar-refractivity contribution in [1.29, 1.82) is 0 Å². The molecule has 1 amide bonds. The predicted octanol–water partition coefficient (Wildman–Crippen LogP) is 2.20. The van der Waals surface area contributed by atoms with Gasteiger partial charge in [-0.25, -0.2) is 9.37 Å². The molecule has 21 heavy (non-hydrogen) atoms. The monoisotopic (exact) mass is 307 g/mol. The fourth-order valence-electron chi connectivity index (χ4n) is 1.84. The lowest BCUT2D eigenvalue weighted by Gasteiger charge is -2.04. The van der Waals surface area contributed by atoms with Crippen molar-refractivity contribution in [3.8, 4) is 0 Å². The van der Waals surface area contributed by atoms with Crippen LogP contribution in [0.3, 0.4) is 0 Å². The van der Waals surface area contributed by atoms with E-state index < -0.39 is 0 Å². The number of nitrogens with one attached hydrogen (secondary N) is 1. The van der Waals surface area contributed by atoms with Crippen LogP contribution >= 0.6 is 11.3 Å². The topological polar surface area (TPSA) is 68.0 Å². The van der Waals surface area contributed by atoms with Crippen LogP contribution in [0.4, 0.5) is 4.39 Å². The maximum Gasteiger partial charge on any atom is 0.226 e. The number of rotatable bonds is 6. The van der Waals surface area contributed by atoms with Crippen molar-refractivity contribution < 1.29 is 9.18 Å². The summed E-state index contributed by atoms with van der Waals surface area (Å²) in [6, 6.07) is 6.17. The highest BCUT2D eigenvalue weighted by Crippen LogP contribution is 2.16. The predicted molar refractivity (Wildman–Crippen MR) is 81.5 cm³/mol. The maximum absolute atomic E-state index is 12.8. The zero-order valence-corrected chi connectivity index (χ0v) is 12.6. The van der Waals surface area contributed by atoms with Crippen LogP contribution < -0.4 is 11.1 Å². The molecule has 1 aromatic heterocycles. The molecular formula is C15H18FN3OS.